The van der Waals surface area contributed by atoms with E-state index in [0.29, 0.717) is 23.2 Å². The molecule has 3 heterocycles. The van der Waals surface area contributed by atoms with Gasteiger partial charge >= 0.3 is 6.18 Å². The van der Waals surface area contributed by atoms with Crippen LogP contribution in [0, 0.1) is 0 Å². The summed E-state index contributed by atoms with van der Waals surface area (Å²) in [5.74, 6) is 0.548. The summed E-state index contributed by atoms with van der Waals surface area (Å²) >= 11 is 5.84. The third-order valence-electron chi connectivity index (χ3n) is 3.89. The van der Waals surface area contributed by atoms with E-state index in [2.05, 4.69) is 20.1 Å². The Kier molecular flexibility index (Phi) is 5.00. The molecule has 0 bridgehead atoms. The summed E-state index contributed by atoms with van der Waals surface area (Å²) < 4.78 is 48.7. The number of pyridine rings is 2. The van der Waals surface area contributed by atoms with Crippen molar-refractivity contribution < 1.29 is 22.4 Å². The van der Waals surface area contributed by atoms with Gasteiger partial charge in [-0.15, -0.1) is 0 Å². The zero-order valence-corrected chi connectivity index (χ0v) is 15.5. The summed E-state index contributed by atoms with van der Waals surface area (Å²) in [4.78, 5) is 21.8. The molecule has 1 N–H and O–H groups in total. The number of ether oxygens (including phenoxy) is 1. The van der Waals surface area contributed by atoms with Gasteiger partial charge in [-0.3, -0.25) is 4.79 Å². The first-order chi connectivity index (χ1) is 14.3. The normalized spacial score (nSPS) is 11.5. The van der Waals surface area contributed by atoms with Crippen molar-refractivity contribution in [2.24, 2.45) is 0 Å². The molecule has 30 heavy (non-hydrogen) atoms. The molecule has 0 radical (unpaired) electrons. The maximum absolute atomic E-state index is 12.7. The van der Waals surface area contributed by atoms with E-state index in [0.717, 1.165) is 6.07 Å². The fourth-order valence-corrected chi connectivity index (χ4v) is 2.67. The maximum atomic E-state index is 12.7. The summed E-state index contributed by atoms with van der Waals surface area (Å²) in [7, 11) is 0. The van der Waals surface area contributed by atoms with Crippen LogP contribution in [0.1, 0.15) is 5.56 Å². The molecule has 0 aliphatic carbocycles. The van der Waals surface area contributed by atoms with Gasteiger partial charge in [-0.05, 0) is 36.4 Å². The first-order valence-corrected chi connectivity index (χ1v) is 8.72. The predicted molar refractivity (Wildman–Crippen MR) is 100 cm³/mol. The monoisotopic (exact) mass is 434 g/mol. The molecule has 0 saturated heterocycles. The van der Waals surface area contributed by atoms with Crippen LogP contribution in [-0.4, -0.2) is 20.1 Å². The van der Waals surface area contributed by atoms with Crippen molar-refractivity contribution in [3.63, 3.8) is 0 Å². The van der Waals surface area contributed by atoms with Gasteiger partial charge in [0.15, 0.2) is 0 Å². The molecular weight excluding hydrogens is 425 g/mol. The Labute approximate surface area is 171 Å². The van der Waals surface area contributed by atoms with Crippen molar-refractivity contribution >= 4 is 11.6 Å². The lowest BCUT2D eigenvalue weighted by molar-refractivity contribution is -0.137. The second-order valence-electron chi connectivity index (χ2n) is 5.99. The van der Waals surface area contributed by atoms with E-state index < -0.39 is 11.7 Å². The van der Waals surface area contributed by atoms with E-state index in [9.17, 15) is 18.0 Å². The topological polar surface area (TPSA) is 93.9 Å². The van der Waals surface area contributed by atoms with Crippen molar-refractivity contribution in [1.82, 2.24) is 20.1 Å². The molecule has 1 aromatic carbocycles. The van der Waals surface area contributed by atoms with Crippen LogP contribution in [0.3, 0.4) is 0 Å². The highest BCUT2D eigenvalue weighted by atomic mass is 35.5. The molecule has 0 aliphatic heterocycles. The van der Waals surface area contributed by atoms with Crippen molar-refractivity contribution in [2.45, 2.75) is 6.18 Å². The standard InChI is InChI=1S/C19H10ClF3N4O3/c20-13-8-11(19(21,22)23)9-24-17(13)29-12-6-4-10(5-7-12)16-26-18(30-27-16)14-2-1-3-15(28)25-14/h1-9H,(H,25,28). The van der Waals surface area contributed by atoms with Gasteiger partial charge < -0.3 is 14.2 Å². The zero-order chi connectivity index (χ0) is 21.3. The third kappa shape index (κ3) is 4.18. The fourth-order valence-electron chi connectivity index (χ4n) is 2.46. The van der Waals surface area contributed by atoms with Gasteiger partial charge in [0.2, 0.25) is 17.3 Å². The summed E-state index contributed by atoms with van der Waals surface area (Å²) in [6.07, 6.45) is -3.91. The second kappa shape index (κ2) is 7.64. The van der Waals surface area contributed by atoms with Crippen LogP contribution in [0.2, 0.25) is 5.02 Å². The summed E-state index contributed by atoms with van der Waals surface area (Å²) in [5, 5.41) is 3.59. The van der Waals surface area contributed by atoms with E-state index in [-0.39, 0.29) is 28.2 Å². The molecule has 3 aromatic heterocycles. The highest BCUT2D eigenvalue weighted by Gasteiger charge is 2.31. The molecule has 11 heteroatoms. The Bertz CT molecular complexity index is 1250. The van der Waals surface area contributed by atoms with Crippen LogP contribution >= 0.6 is 11.6 Å². The van der Waals surface area contributed by atoms with E-state index >= 15 is 0 Å². The number of halogens is 4. The predicted octanol–water partition coefficient (Wildman–Crippen LogP) is 4.95. The van der Waals surface area contributed by atoms with Crippen LogP contribution in [-0.2, 0) is 6.18 Å². The van der Waals surface area contributed by atoms with Crippen LogP contribution in [0.5, 0.6) is 11.6 Å². The molecule has 0 spiro atoms. The van der Waals surface area contributed by atoms with Crippen molar-refractivity contribution in [2.75, 3.05) is 0 Å². The van der Waals surface area contributed by atoms with Gasteiger partial charge in [0.1, 0.15) is 16.5 Å². The summed E-state index contributed by atoms with van der Waals surface area (Å²) in [5.41, 5.74) is -0.307. The smallest absolute Gasteiger partial charge is 0.417 e. The number of hydrogen-bond acceptors (Lipinski definition) is 6. The highest BCUT2D eigenvalue weighted by Crippen LogP contribution is 2.35. The average Bonchev–Trinajstić information content (AvgIpc) is 3.20. The summed E-state index contributed by atoms with van der Waals surface area (Å²) in [6.45, 7) is 0. The minimum Gasteiger partial charge on any atom is -0.438 e. The number of nitrogens with one attached hydrogen (secondary N) is 1. The minimum absolute atomic E-state index is 0.142. The van der Waals surface area contributed by atoms with Crippen LogP contribution < -0.4 is 10.3 Å². The number of rotatable bonds is 4. The van der Waals surface area contributed by atoms with E-state index in [1.807, 2.05) is 0 Å². The third-order valence-corrected chi connectivity index (χ3v) is 4.16. The lowest BCUT2D eigenvalue weighted by Crippen LogP contribution is -2.05. The first kappa shape index (κ1) is 19.6. The number of aromatic amines is 1. The molecule has 0 unspecified atom stereocenters. The Balaban J connectivity index is 1.52. The van der Waals surface area contributed by atoms with Crippen molar-refractivity contribution in [1.29, 1.82) is 0 Å². The molecule has 0 saturated carbocycles. The highest BCUT2D eigenvalue weighted by molar-refractivity contribution is 6.31. The Morgan fingerprint density at radius 1 is 1.10 bits per heavy atom. The molecular formula is C19H10ClF3N4O3. The SMILES string of the molecule is O=c1cccc(-c2nc(-c3ccc(Oc4ncc(C(F)(F)F)cc4Cl)cc3)no2)[nH]1. The Morgan fingerprint density at radius 3 is 2.53 bits per heavy atom. The Morgan fingerprint density at radius 2 is 1.87 bits per heavy atom. The number of hydrogen-bond donors (Lipinski definition) is 1. The lowest BCUT2D eigenvalue weighted by Gasteiger charge is -2.10. The largest absolute Gasteiger partial charge is 0.438 e. The van der Waals surface area contributed by atoms with Gasteiger partial charge in [0, 0.05) is 17.8 Å². The van der Waals surface area contributed by atoms with E-state index in [4.69, 9.17) is 20.9 Å². The molecule has 152 valence electrons. The molecule has 4 rings (SSSR count). The van der Waals surface area contributed by atoms with Crippen molar-refractivity contribution in [3.05, 3.63) is 75.7 Å². The average molecular weight is 435 g/mol. The lowest BCUT2D eigenvalue weighted by atomic mass is 10.2. The minimum atomic E-state index is -4.55. The molecule has 4 aromatic rings. The van der Waals surface area contributed by atoms with Gasteiger partial charge in [0.25, 0.3) is 5.89 Å². The van der Waals surface area contributed by atoms with Crippen LogP contribution in [0.4, 0.5) is 13.2 Å². The number of alkyl halides is 3. The van der Waals surface area contributed by atoms with E-state index in [1.54, 1.807) is 36.4 Å². The fraction of sp³-hybridized carbons (Fsp3) is 0.0526. The zero-order valence-electron chi connectivity index (χ0n) is 14.8. The van der Waals surface area contributed by atoms with Gasteiger partial charge in [0.05, 0.1) is 5.56 Å². The first-order valence-electron chi connectivity index (χ1n) is 8.34. The maximum Gasteiger partial charge on any atom is 0.417 e. The van der Waals surface area contributed by atoms with E-state index in [1.165, 1.54) is 6.07 Å². The van der Waals surface area contributed by atoms with Gasteiger partial charge in [-0.25, -0.2) is 4.98 Å². The van der Waals surface area contributed by atoms with Crippen LogP contribution in [0.25, 0.3) is 23.0 Å². The molecule has 7 nitrogen and oxygen atoms in total. The number of H-pyrrole nitrogens is 1. The molecule has 0 fully saturated rings. The molecule has 0 amide bonds. The number of benzene rings is 1. The van der Waals surface area contributed by atoms with Gasteiger partial charge in [-0.1, -0.05) is 22.8 Å². The number of nitrogens with zero attached hydrogens (tertiary/aromatic N) is 3. The van der Waals surface area contributed by atoms with Crippen molar-refractivity contribution in [3.8, 4) is 34.6 Å². The second-order valence-corrected chi connectivity index (χ2v) is 6.39. The van der Waals surface area contributed by atoms with Crippen LogP contribution in [0.15, 0.2) is 64.0 Å². The quantitative estimate of drug-likeness (QED) is 0.488. The van der Waals surface area contributed by atoms with Gasteiger partial charge in [-0.2, -0.15) is 18.2 Å². The molecule has 0 aliphatic rings. The molecule has 0 atom stereocenters. The number of aromatic nitrogens is 4. The Hall–Kier alpha value is -3.66. The summed E-state index contributed by atoms with van der Waals surface area (Å²) in [6, 6.07) is 11.6.